The Kier molecular flexibility index (Phi) is 3.93. The maximum absolute atomic E-state index is 6.22. The second-order valence-corrected chi connectivity index (χ2v) is 4.67. The predicted molar refractivity (Wildman–Crippen MR) is 71.9 cm³/mol. The number of hydrogen-bond acceptors (Lipinski definition) is 1. The Balaban J connectivity index is 3.44. The van der Waals surface area contributed by atoms with Crippen LogP contribution in [0.25, 0.3) is 0 Å². The van der Waals surface area contributed by atoms with Gasteiger partial charge in [0.1, 0.15) is 0 Å². The maximum Gasteiger partial charge on any atom is 0.0335 e. The molecule has 0 spiro atoms. The molecule has 1 atom stereocenters. The Hall–Kier alpha value is -1.08. The minimum absolute atomic E-state index is 0.0792. The molecule has 88 valence electrons. The van der Waals surface area contributed by atoms with Crippen molar-refractivity contribution in [1.82, 2.24) is 0 Å². The maximum atomic E-state index is 6.22. The highest BCUT2D eigenvalue weighted by Crippen LogP contribution is 2.30. The van der Waals surface area contributed by atoms with Gasteiger partial charge in [-0.2, -0.15) is 0 Å². The van der Waals surface area contributed by atoms with E-state index in [1.165, 1.54) is 33.4 Å². The van der Waals surface area contributed by atoms with E-state index < -0.39 is 0 Å². The van der Waals surface area contributed by atoms with Crippen LogP contribution in [0, 0.1) is 34.6 Å². The lowest BCUT2D eigenvalue weighted by molar-refractivity contribution is 0.726. The predicted octanol–water partition coefficient (Wildman–Crippen LogP) is 3.80. The van der Waals surface area contributed by atoms with Crippen molar-refractivity contribution in [3.63, 3.8) is 0 Å². The van der Waals surface area contributed by atoms with Crippen LogP contribution in [0.2, 0.25) is 0 Å². The van der Waals surface area contributed by atoms with E-state index in [0.717, 1.165) is 6.42 Å². The molecule has 0 aliphatic carbocycles. The molecule has 0 bridgehead atoms. The molecule has 16 heavy (non-hydrogen) atoms. The molecule has 0 fully saturated rings. The van der Waals surface area contributed by atoms with E-state index in [9.17, 15) is 0 Å². The summed E-state index contributed by atoms with van der Waals surface area (Å²) in [6, 6.07) is 0.0792. The Bertz CT molecular complexity index is 387. The Labute approximate surface area is 99.4 Å². The minimum atomic E-state index is 0.0792. The van der Waals surface area contributed by atoms with Gasteiger partial charge < -0.3 is 5.73 Å². The molecule has 1 aromatic carbocycles. The van der Waals surface area contributed by atoms with Crippen LogP contribution < -0.4 is 5.73 Å². The van der Waals surface area contributed by atoms with Crippen molar-refractivity contribution in [3.05, 3.63) is 46.0 Å². The molecule has 0 saturated heterocycles. The minimum Gasteiger partial charge on any atom is -0.324 e. The van der Waals surface area contributed by atoms with Crippen molar-refractivity contribution < 1.29 is 0 Å². The summed E-state index contributed by atoms with van der Waals surface area (Å²) in [7, 11) is 0. The molecule has 0 aliphatic heterocycles. The van der Waals surface area contributed by atoms with E-state index in [2.05, 4.69) is 41.2 Å². The first-order valence-corrected chi connectivity index (χ1v) is 5.85. The highest BCUT2D eigenvalue weighted by Gasteiger charge is 2.16. The van der Waals surface area contributed by atoms with Crippen LogP contribution in [0.3, 0.4) is 0 Å². The smallest absolute Gasteiger partial charge is 0.0335 e. The standard InChI is InChI=1S/C15H23N/c1-7-8-14(16)15-12(5)10(3)9(2)11(4)13(15)6/h7,14H,1,8,16H2,2-6H3/t14-/m1/s1. The molecule has 1 aromatic rings. The summed E-state index contributed by atoms with van der Waals surface area (Å²) in [5.74, 6) is 0. The molecule has 0 unspecified atom stereocenters. The van der Waals surface area contributed by atoms with Crippen molar-refractivity contribution >= 4 is 0 Å². The highest BCUT2D eigenvalue weighted by molar-refractivity contribution is 5.50. The van der Waals surface area contributed by atoms with Gasteiger partial charge in [0.25, 0.3) is 0 Å². The summed E-state index contributed by atoms with van der Waals surface area (Å²) in [5, 5.41) is 0. The normalized spacial score (nSPS) is 12.6. The quantitative estimate of drug-likeness (QED) is 0.766. The number of rotatable bonds is 3. The lowest BCUT2D eigenvalue weighted by Crippen LogP contribution is -2.15. The Morgan fingerprint density at radius 2 is 1.31 bits per heavy atom. The summed E-state index contributed by atoms with van der Waals surface area (Å²) in [6.45, 7) is 14.7. The first-order valence-electron chi connectivity index (χ1n) is 5.85. The third kappa shape index (κ3) is 2.05. The van der Waals surface area contributed by atoms with Gasteiger partial charge in [0.05, 0.1) is 0 Å². The van der Waals surface area contributed by atoms with Crippen molar-refractivity contribution in [2.24, 2.45) is 5.73 Å². The molecule has 1 heteroatoms. The average molecular weight is 217 g/mol. The molecule has 2 N–H and O–H groups in total. The molecule has 0 aliphatic rings. The van der Waals surface area contributed by atoms with Gasteiger partial charge in [-0.05, 0) is 74.4 Å². The van der Waals surface area contributed by atoms with Crippen LogP contribution in [0.5, 0.6) is 0 Å². The number of benzene rings is 1. The van der Waals surface area contributed by atoms with Crippen LogP contribution >= 0.6 is 0 Å². The topological polar surface area (TPSA) is 26.0 Å². The van der Waals surface area contributed by atoms with Gasteiger partial charge in [0, 0.05) is 6.04 Å². The molecule has 0 radical (unpaired) electrons. The van der Waals surface area contributed by atoms with Gasteiger partial charge in [-0.3, -0.25) is 0 Å². The number of nitrogens with two attached hydrogens (primary N) is 1. The van der Waals surface area contributed by atoms with Gasteiger partial charge in [-0.25, -0.2) is 0 Å². The van der Waals surface area contributed by atoms with Crippen molar-refractivity contribution in [3.8, 4) is 0 Å². The third-order valence-electron chi connectivity index (χ3n) is 3.85. The van der Waals surface area contributed by atoms with E-state index in [1.54, 1.807) is 0 Å². The highest BCUT2D eigenvalue weighted by atomic mass is 14.6. The van der Waals surface area contributed by atoms with E-state index >= 15 is 0 Å². The van der Waals surface area contributed by atoms with Crippen LogP contribution in [0.4, 0.5) is 0 Å². The fourth-order valence-electron chi connectivity index (χ4n) is 2.38. The van der Waals surface area contributed by atoms with E-state index in [0.29, 0.717) is 0 Å². The largest absolute Gasteiger partial charge is 0.324 e. The van der Waals surface area contributed by atoms with Crippen LogP contribution in [0.15, 0.2) is 12.7 Å². The van der Waals surface area contributed by atoms with Crippen LogP contribution in [0.1, 0.15) is 45.8 Å². The molecule has 0 saturated carbocycles. The molecule has 1 nitrogen and oxygen atoms in total. The molecular formula is C15H23N. The second-order valence-electron chi connectivity index (χ2n) is 4.67. The zero-order valence-electron chi connectivity index (χ0n) is 11.1. The summed E-state index contributed by atoms with van der Waals surface area (Å²) >= 11 is 0. The Morgan fingerprint density at radius 3 is 1.69 bits per heavy atom. The van der Waals surface area contributed by atoms with Gasteiger partial charge in [-0.15, -0.1) is 6.58 Å². The first kappa shape index (κ1) is 13.0. The summed E-state index contributed by atoms with van der Waals surface area (Å²) in [5.41, 5.74) is 14.4. The molecular weight excluding hydrogens is 194 g/mol. The van der Waals surface area contributed by atoms with E-state index in [1.807, 2.05) is 6.08 Å². The molecule has 1 rings (SSSR count). The van der Waals surface area contributed by atoms with Crippen LogP contribution in [-0.4, -0.2) is 0 Å². The fraction of sp³-hybridized carbons (Fsp3) is 0.467. The molecule has 0 heterocycles. The average Bonchev–Trinajstić information content (AvgIpc) is 2.24. The van der Waals surface area contributed by atoms with Crippen molar-refractivity contribution in [2.75, 3.05) is 0 Å². The second kappa shape index (κ2) is 4.84. The zero-order chi connectivity index (χ0) is 12.5. The van der Waals surface area contributed by atoms with Gasteiger partial charge in [0.15, 0.2) is 0 Å². The molecule has 0 amide bonds. The van der Waals surface area contributed by atoms with E-state index in [4.69, 9.17) is 5.73 Å². The van der Waals surface area contributed by atoms with Gasteiger partial charge in [-0.1, -0.05) is 6.08 Å². The van der Waals surface area contributed by atoms with Crippen molar-refractivity contribution in [2.45, 2.75) is 47.1 Å². The fourth-order valence-corrected chi connectivity index (χ4v) is 2.38. The van der Waals surface area contributed by atoms with Crippen molar-refractivity contribution in [1.29, 1.82) is 0 Å². The van der Waals surface area contributed by atoms with Gasteiger partial charge in [0.2, 0.25) is 0 Å². The number of hydrogen-bond donors (Lipinski definition) is 1. The summed E-state index contributed by atoms with van der Waals surface area (Å²) in [4.78, 5) is 0. The van der Waals surface area contributed by atoms with Crippen LogP contribution in [-0.2, 0) is 0 Å². The lowest BCUT2D eigenvalue weighted by atomic mass is 9.86. The first-order chi connectivity index (χ1) is 7.41. The lowest BCUT2D eigenvalue weighted by Gasteiger charge is -2.22. The Morgan fingerprint density at radius 1 is 0.938 bits per heavy atom. The third-order valence-corrected chi connectivity index (χ3v) is 3.85. The van der Waals surface area contributed by atoms with E-state index in [-0.39, 0.29) is 6.04 Å². The SMILES string of the molecule is C=CC[C@@H](N)c1c(C)c(C)c(C)c(C)c1C. The van der Waals surface area contributed by atoms with Gasteiger partial charge >= 0.3 is 0 Å². The zero-order valence-corrected chi connectivity index (χ0v) is 11.1. The summed E-state index contributed by atoms with van der Waals surface area (Å²) < 4.78 is 0. The molecule has 0 aromatic heterocycles. The summed E-state index contributed by atoms with van der Waals surface area (Å²) in [6.07, 6.45) is 2.73. The monoisotopic (exact) mass is 217 g/mol.